The Morgan fingerprint density at radius 2 is 1.29 bits per heavy atom. The lowest BCUT2D eigenvalue weighted by Crippen LogP contribution is -2.30. The molecule has 1 aliphatic rings. The molecule has 2 rings (SSSR count). The summed E-state index contributed by atoms with van der Waals surface area (Å²) in [6, 6.07) is 6.07. The van der Waals surface area contributed by atoms with Crippen LogP contribution in [0, 0.1) is 0 Å². The molecule has 0 aliphatic carbocycles. The normalized spacial score (nSPS) is 15.4. The van der Waals surface area contributed by atoms with Crippen molar-refractivity contribution >= 4 is 59.6 Å². The van der Waals surface area contributed by atoms with E-state index < -0.39 is 39.7 Å². The third-order valence-corrected chi connectivity index (χ3v) is 4.21. The third-order valence-electron chi connectivity index (χ3n) is 3.13. The summed E-state index contributed by atoms with van der Waals surface area (Å²) < 4.78 is 73.5. The van der Waals surface area contributed by atoms with E-state index in [1.54, 1.807) is 12.1 Å². The highest BCUT2D eigenvalue weighted by Gasteiger charge is 2.36. The molecule has 0 bridgehead atoms. The highest BCUT2D eigenvalue weighted by molar-refractivity contribution is 9.10. The first-order valence-corrected chi connectivity index (χ1v) is 9.88. The van der Waals surface area contributed by atoms with Crippen molar-refractivity contribution < 1.29 is 35.9 Å². The molecule has 0 unspecified atom stereocenters. The lowest BCUT2D eigenvalue weighted by molar-refractivity contribution is 0.0667. The van der Waals surface area contributed by atoms with Crippen molar-refractivity contribution in [2.24, 2.45) is 0 Å². The van der Waals surface area contributed by atoms with Crippen LogP contribution in [0.5, 0.6) is 0 Å². The first-order chi connectivity index (χ1) is 12.8. The van der Waals surface area contributed by atoms with Crippen molar-refractivity contribution in [1.82, 2.24) is 4.90 Å². The zero-order valence-corrected chi connectivity index (χ0v) is 18.3. The number of fused-ring (bicyclic) bond motifs is 1. The van der Waals surface area contributed by atoms with Crippen LogP contribution >= 0.6 is 47.8 Å². The van der Waals surface area contributed by atoms with E-state index in [9.17, 15) is 35.9 Å². The molecule has 1 aromatic rings. The molecular weight excluding hydrogens is 592 g/mol. The molecule has 1 heterocycles. The number of alkyl halides is 7. The van der Waals surface area contributed by atoms with Crippen LogP contribution in [0.2, 0.25) is 0 Å². The van der Waals surface area contributed by atoms with E-state index in [1.807, 2.05) is 31.9 Å². The lowest BCUT2D eigenvalue weighted by atomic mass is 10.1. The summed E-state index contributed by atoms with van der Waals surface area (Å²) in [7, 11) is 0. The van der Waals surface area contributed by atoms with E-state index in [-0.39, 0.29) is 16.5 Å². The van der Waals surface area contributed by atoms with E-state index in [0.717, 1.165) is 6.08 Å². The number of amides is 2. The average molecular weight is 602 g/mol. The zero-order chi connectivity index (χ0) is 21.7. The molecule has 1 aliphatic heterocycles. The van der Waals surface area contributed by atoms with Crippen LogP contribution in [0.4, 0.5) is 26.3 Å². The van der Waals surface area contributed by atoms with Crippen LogP contribution in [0.3, 0.4) is 0 Å². The fourth-order valence-corrected chi connectivity index (χ4v) is 2.48. The topological polar surface area (TPSA) is 37.4 Å². The molecule has 154 valence electrons. The van der Waals surface area contributed by atoms with E-state index in [4.69, 9.17) is 0 Å². The van der Waals surface area contributed by atoms with Crippen molar-refractivity contribution in [3.05, 3.63) is 59.2 Å². The number of carbonyl (C=O) groups is 2. The van der Waals surface area contributed by atoms with Gasteiger partial charge in [-0.15, -0.1) is 0 Å². The van der Waals surface area contributed by atoms with Gasteiger partial charge in [-0.05, 0) is 56.1 Å². The smallest absolute Gasteiger partial charge is 0.270 e. The highest BCUT2D eigenvalue weighted by Crippen LogP contribution is 2.32. The molecule has 2 amide bonds. The quantitative estimate of drug-likeness (QED) is 0.224. The number of allylic oxidation sites excluding steroid dienone is 3. The number of imide groups is 1. The second kappa shape index (κ2) is 10.1. The van der Waals surface area contributed by atoms with Gasteiger partial charge in [-0.1, -0.05) is 28.1 Å². The minimum atomic E-state index is -3.80. The highest BCUT2D eigenvalue weighted by atomic mass is 79.9. The van der Waals surface area contributed by atoms with Crippen LogP contribution in [0.15, 0.2) is 48.1 Å². The van der Waals surface area contributed by atoms with Gasteiger partial charge in [0.1, 0.15) is 0 Å². The summed E-state index contributed by atoms with van der Waals surface area (Å²) in [5.74, 6) is -4.46. The van der Waals surface area contributed by atoms with E-state index in [1.165, 1.54) is 12.1 Å². The van der Waals surface area contributed by atoms with Crippen molar-refractivity contribution in [3.63, 3.8) is 0 Å². The Hall–Kier alpha value is -1.14. The molecule has 0 N–H and O–H groups in total. The van der Waals surface area contributed by atoms with Crippen LogP contribution in [-0.2, 0) is 0 Å². The maximum atomic E-state index is 13.0. The fourth-order valence-electron chi connectivity index (χ4n) is 1.88. The van der Waals surface area contributed by atoms with Crippen molar-refractivity contribution in [1.29, 1.82) is 0 Å². The Labute approximate surface area is 180 Å². The molecule has 28 heavy (non-hydrogen) atoms. The molecular formula is C16H10Br3F6NO2. The van der Waals surface area contributed by atoms with Gasteiger partial charge in [0.2, 0.25) is 0 Å². The number of hydrogen-bond acceptors (Lipinski definition) is 2. The largest absolute Gasteiger partial charge is 0.351 e. The number of benzene rings is 1. The molecule has 1 aromatic carbocycles. The Balaban J connectivity index is 0.000000370. The van der Waals surface area contributed by atoms with Crippen LogP contribution < -0.4 is 0 Å². The second-order valence-electron chi connectivity index (χ2n) is 5.02. The molecule has 0 spiro atoms. The van der Waals surface area contributed by atoms with Crippen molar-refractivity contribution in [3.8, 4) is 0 Å². The van der Waals surface area contributed by atoms with Gasteiger partial charge < -0.3 is 0 Å². The minimum Gasteiger partial charge on any atom is -0.270 e. The van der Waals surface area contributed by atoms with Gasteiger partial charge in [-0.25, -0.2) is 8.78 Å². The summed E-state index contributed by atoms with van der Waals surface area (Å²) in [5, 5.41) is 0.0834. The van der Waals surface area contributed by atoms with Gasteiger partial charge >= 0.3 is 9.66 Å². The predicted molar refractivity (Wildman–Crippen MR) is 102 cm³/mol. The number of hydrogen-bond donors (Lipinski definition) is 0. The van der Waals surface area contributed by atoms with Gasteiger partial charge in [0.25, 0.3) is 11.8 Å². The first-order valence-electron chi connectivity index (χ1n) is 7.17. The second-order valence-corrected chi connectivity index (χ2v) is 7.66. The molecule has 3 nitrogen and oxygen atoms in total. The maximum Gasteiger partial charge on any atom is 0.351 e. The standard InChI is InChI=1S/C12H7BrF3NO2.C4H3Br2F3/c13-12(15,16)9(14)5-6-17-10(18)7-3-1-2-4-8(7)11(17)19;5-2-1-3(7)4(6,8)9/h1-5H,6H2;1H,2H2/b9-5-;3-1-. The lowest BCUT2D eigenvalue weighted by Gasteiger charge is -2.12. The van der Waals surface area contributed by atoms with Crippen molar-refractivity contribution in [2.75, 3.05) is 11.9 Å². The first kappa shape index (κ1) is 24.9. The number of carbonyl (C=O) groups excluding carboxylic acids is 2. The van der Waals surface area contributed by atoms with Crippen LogP contribution in [-0.4, -0.2) is 38.3 Å². The number of halogens is 9. The van der Waals surface area contributed by atoms with Gasteiger partial charge in [0.15, 0.2) is 11.7 Å². The van der Waals surface area contributed by atoms with Crippen molar-refractivity contribution in [2.45, 2.75) is 9.66 Å². The monoisotopic (exact) mass is 599 g/mol. The Bertz CT molecular complexity index is 767. The molecule has 0 saturated heterocycles. The molecule has 0 fully saturated rings. The number of rotatable bonds is 5. The third kappa shape index (κ3) is 6.73. The fraction of sp³-hybridized carbons (Fsp3) is 0.250. The Morgan fingerprint density at radius 3 is 1.61 bits per heavy atom. The average Bonchev–Trinajstić information content (AvgIpc) is 2.83. The van der Waals surface area contributed by atoms with Gasteiger partial charge in [0, 0.05) is 5.33 Å². The van der Waals surface area contributed by atoms with Gasteiger partial charge in [0.05, 0.1) is 17.7 Å². The summed E-state index contributed by atoms with van der Waals surface area (Å²) >= 11 is 6.47. The molecule has 0 aromatic heterocycles. The molecule has 0 radical (unpaired) electrons. The predicted octanol–water partition coefficient (Wildman–Crippen LogP) is 6.35. The Morgan fingerprint density at radius 1 is 0.893 bits per heavy atom. The molecule has 12 heteroatoms. The van der Waals surface area contributed by atoms with E-state index >= 15 is 0 Å². The summed E-state index contributed by atoms with van der Waals surface area (Å²) in [6.45, 7) is -0.542. The summed E-state index contributed by atoms with van der Waals surface area (Å²) in [6.07, 6.45) is 1.24. The summed E-state index contributed by atoms with van der Waals surface area (Å²) in [5.41, 5.74) is 0.374. The SMILES string of the molecule is F/C(=C\CBr)C(F)(F)Br.O=C1c2ccccc2C(=O)N1C/C=C(\F)C(F)(F)Br. The van der Waals surface area contributed by atoms with E-state index in [0.29, 0.717) is 11.0 Å². The van der Waals surface area contributed by atoms with E-state index in [2.05, 4.69) is 15.9 Å². The molecule has 0 saturated carbocycles. The van der Waals surface area contributed by atoms with Gasteiger partial charge in [-0.3, -0.25) is 14.5 Å². The zero-order valence-electron chi connectivity index (χ0n) is 13.5. The van der Waals surface area contributed by atoms with Crippen LogP contribution in [0.1, 0.15) is 20.7 Å². The minimum absolute atomic E-state index is 0.0834. The number of nitrogens with zero attached hydrogens (tertiary/aromatic N) is 1. The van der Waals surface area contributed by atoms with Crippen LogP contribution in [0.25, 0.3) is 0 Å². The maximum absolute atomic E-state index is 13.0. The summed E-state index contributed by atoms with van der Waals surface area (Å²) in [4.78, 5) is 17.0. The molecule has 0 atom stereocenters. The Kier molecular flexibility index (Phi) is 8.94. The van der Waals surface area contributed by atoms with Gasteiger partial charge in [-0.2, -0.15) is 17.6 Å².